The lowest BCUT2D eigenvalue weighted by molar-refractivity contribution is 0.0793. The molecule has 20 heavy (non-hydrogen) atoms. The predicted octanol–water partition coefficient (Wildman–Crippen LogP) is 3.45. The molecule has 0 radical (unpaired) electrons. The van der Waals surface area contributed by atoms with Crippen molar-refractivity contribution in [3.05, 3.63) is 40.4 Å². The summed E-state index contributed by atoms with van der Waals surface area (Å²) < 4.78 is 0. The summed E-state index contributed by atoms with van der Waals surface area (Å²) in [4.78, 5) is 17.9. The zero-order valence-corrected chi connectivity index (χ0v) is 12.4. The molecule has 4 nitrogen and oxygen atoms in total. The minimum absolute atomic E-state index is 0.170. The number of thiazole rings is 1. The van der Waals surface area contributed by atoms with Gasteiger partial charge in [-0.15, -0.1) is 11.3 Å². The van der Waals surface area contributed by atoms with Gasteiger partial charge in [0.2, 0.25) is 0 Å². The number of nitrogens with zero attached hydrogens (tertiary/aromatic N) is 3. The van der Waals surface area contributed by atoms with E-state index in [1.165, 1.54) is 16.2 Å². The van der Waals surface area contributed by atoms with E-state index in [1.807, 2.05) is 18.2 Å². The molecule has 0 N–H and O–H groups in total. The van der Waals surface area contributed by atoms with Crippen molar-refractivity contribution >= 4 is 28.8 Å². The van der Waals surface area contributed by atoms with E-state index >= 15 is 0 Å². The second-order valence-corrected chi connectivity index (χ2v) is 5.47. The molecular weight excluding hydrogens is 294 g/mol. The molecule has 1 amide bonds. The summed E-state index contributed by atoms with van der Waals surface area (Å²) >= 11 is 7.25. The lowest BCUT2D eigenvalue weighted by atomic mass is 10.2. The van der Waals surface area contributed by atoms with Crippen LogP contribution in [0.4, 0.5) is 0 Å². The molecule has 102 valence electrons. The van der Waals surface area contributed by atoms with E-state index in [4.69, 9.17) is 16.9 Å². The largest absolute Gasteiger partial charge is 0.339 e. The number of amides is 1. The van der Waals surface area contributed by atoms with Crippen LogP contribution in [0.3, 0.4) is 0 Å². The van der Waals surface area contributed by atoms with Crippen LogP contribution >= 0.6 is 22.9 Å². The van der Waals surface area contributed by atoms with Crippen LogP contribution in [0.5, 0.6) is 0 Å². The maximum atomic E-state index is 12.1. The number of aromatic nitrogens is 1. The summed E-state index contributed by atoms with van der Waals surface area (Å²) in [5.74, 6) is -0.170. The highest BCUT2D eigenvalue weighted by molar-refractivity contribution is 7.13. The third kappa shape index (κ3) is 3.35. The summed E-state index contributed by atoms with van der Waals surface area (Å²) in [5.41, 5.74) is 1.33. The van der Waals surface area contributed by atoms with Crippen molar-refractivity contribution in [3.63, 3.8) is 0 Å². The van der Waals surface area contributed by atoms with Gasteiger partial charge in [0.15, 0.2) is 0 Å². The van der Waals surface area contributed by atoms with Gasteiger partial charge in [-0.25, -0.2) is 4.98 Å². The number of carbonyl (C=O) groups is 1. The molecule has 0 spiro atoms. The number of hydrogen-bond donors (Lipinski definition) is 0. The molecule has 0 aliphatic heterocycles. The molecule has 6 heteroatoms. The van der Waals surface area contributed by atoms with Crippen molar-refractivity contribution in [2.75, 3.05) is 13.6 Å². The molecular formula is C14H12ClN3OS. The van der Waals surface area contributed by atoms with E-state index in [1.54, 1.807) is 24.6 Å². The molecule has 2 aromatic rings. The molecule has 0 saturated carbocycles. The zero-order chi connectivity index (χ0) is 14.5. The first-order chi connectivity index (χ1) is 9.61. The first kappa shape index (κ1) is 14.5. The van der Waals surface area contributed by atoms with E-state index in [9.17, 15) is 4.79 Å². The van der Waals surface area contributed by atoms with Gasteiger partial charge in [-0.1, -0.05) is 23.7 Å². The maximum Gasteiger partial charge on any atom is 0.273 e. The fourth-order valence-electron chi connectivity index (χ4n) is 1.61. The topological polar surface area (TPSA) is 57.0 Å². The number of halogens is 1. The van der Waals surface area contributed by atoms with Crippen molar-refractivity contribution in [1.29, 1.82) is 5.26 Å². The molecule has 0 aliphatic rings. The van der Waals surface area contributed by atoms with Gasteiger partial charge in [0, 0.05) is 29.6 Å². The standard InChI is InChI=1S/C14H12ClN3OS/c1-18(8-2-7-16)14(19)12-9-20-13(17-12)10-3-5-11(15)6-4-10/h3-6,9H,2,8H2,1H3. The van der Waals surface area contributed by atoms with Crippen molar-refractivity contribution in [1.82, 2.24) is 9.88 Å². The lowest BCUT2D eigenvalue weighted by Gasteiger charge is -2.13. The molecule has 0 aliphatic carbocycles. The predicted molar refractivity (Wildman–Crippen MR) is 79.8 cm³/mol. The van der Waals surface area contributed by atoms with Crippen LogP contribution in [0.2, 0.25) is 5.02 Å². The Morgan fingerprint density at radius 2 is 2.15 bits per heavy atom. The normalized spacial score (nSPS) is 10.1. The second kappa shape index (κ2) is 6.51. The van der Waals surface area contributed by atoms with Crippen molar-refractivity contribution in [3.8, 4) is 16.6 Å². The summed E-state index contributed by atoms with van der Waals surface area (Å²) in [6, 6.07) is 9.34. The second-order valence-electron chi connectivity index (χ2n) is 4.18. The van der Waals surface area contributed by atoms with E-state index in [-0.39, 0.29) is 5.91 Å². The quantitative estimate of drug-likeness (QED) is 0.869. The Bertz CT molecular complexity index is 645. The van der Waals surface area contributed by atoms with E-state index < -0.39 is 0 Å². The lowest BCUT2D eigenvalue weighted by Crippen LogP contribution is -2.27. The average Bonchev–Trinajstić information content (AvgIpc) is 2.94. The number of rotatable bonds is 4. The Labute approximate surface area is 126 Å². The molecule has 1 aromatic carbocycles. The zero-order valence-electron chi connectivity index (χ0n) is 10.8. The van der Waals surface area contributed by atoms with Gasteiger partial charge < -0.3 is 4.90 Å². The minimum Gasteiger partial charge on any atom is -0.339 e. The van der Waals surface area contributed by atoms with Crippen LogP contribution in [0.15, 0.2) is 29.6 Å². The van der Waals surface area contributed by atoms with Crippen molar-refractivity contribution < 1.29 is 4.79 Å². The van der Waals surface area contributed by atoms with Gasteiger partial charge >= 0.3 is 0 Å². The molecule has 0 bridgehead atoms. The average molecular weight is 306 g/mol. The number of benzene rings is 1. The Kier molecular flexibility index (Phi) is 4.72. The van der Waals surface area contributed by atoms with E-state index in [0.29, 0.717) is 23.7 Å². The number of carbonyl (C=O) groups excluding carboxylic acids is 1. The number of hydrogen-bond acceptors (Lipinski definition) is 4. The monoisotopic (exact) mass is 305 g/mol. The molecule has 1 aromatic heterocycles. The van der Waals surface area contributed by atoms with Crippen LogP contribution in [-0.4, -0.2) is 29.4 Å². The number of nitriles is 1. The van der Waals surface area contributed by atoms with E-state index in [0.717, 1.165) is 10.6 Å². The van der Waals surface area contributed by atoms with Crippen LogP contribution < -0.4 is 0 Å². The fraction of sp³-hybridized carbons (Fsp3) is 0.214. The van der Waals surface area contributed by atoms with Crippen LogP contribution in [0.25, 0.3) is 10.6 Å². The summed E-state index contributed by atoms with van der Waals surface area (Å²) in [7, 11) is 1.67. The van der Waals surface area contributed by atoms with Crippen LogP contribution in [0.1, 0.15) is 16.9 Å². The van der Waals surface area contributed by atoms with Gasteiger partial charge in [-0.05, 0) is 12.1 Å². The summed E-state index contributed by atoms with van der Waals surface area (Å²) in [5, 5.41) is 11.7. The van der Waals surface area contributed by atoms with E-state index in [2.05, 4.69) is 4.98 Å². The van der Waals surface area contributed by atoms with Gasteiger partial charge in [0.05, 0.1) is 12.5 Å². The summed E-state index contributed by atoms with van der Waals surface area (Å²) in [6.45, 7) is 0.406. The first-order valence-corrected chi connectivity index (χ1v) is 7.21. The fourth-order valence-corrected chi connectivity index (χ4v) is 2.54. The Morgan fingerprint density at radius 3 is 2.80 bits per heavy atom. The molecule has 1 heterocycles. The highest BCUT2D eigenvalue weighted by atomic mass is 35.5. The van der Waals surface area contributed by atoms with Gasteiger partial charge in [-0.2, -0.15) is 5.26 Å². The van der Waals surface area contributed by atoms with Gasteiger partial charge in [-0.3, -0.25) is 4.79 Å². The highest BCUT2D eigenvalue weighted by Gasteiger charge is 2.15. The minimum atomic E-state index is -0.170. The molecule has 0 atom stereocenters. The highest BCUT2D eigenvalue weighted by Crippen LogP contribution is 2.25. The summed E-state index contributed by atoms with van der Waals surface area (Å²) in [6.07, 6.45) is 0.316. The molecule has 0 fully saturated rings. The van der Waals surface area contributed by atoms with Crippen LogP contribution in [-0.2, 0) is 0 Å². The van der Waals surface area contributed by atoms with Crippen LogP contribution in [0, 0.1) is 11.3 Å². The Hall–Kier alpha value is -1.90. The smallest absolute Gasteiger partial charge is 0.273 e. The molecule has 2 rings (SSSR count). The molecule has 0 unspecified atom stereocenters. The van der Waals surface area contributed by atoms with Gasteiger partial charge in [0.1, 0.15) is 10.7 Å². The maximum absolute atomic E-state index is 12.1. The van der Waals surface area contributed by atoms with Crippen molar-refractivity contribution in [2.45, 2.75) is 6.42 Å². The van der Waals surface area contributed by atoms with Gasteiger partial charge in [0.25, 0.3) is 5.91 Å². The Balaban J connectivity index is 2.14. The Morgan fingerprint density at radius 1 is 1.45 bits per heavy atom. The van der Waals surface area contributed by atoms with Crippen molar-refractivity contribution in [2.24, 2.45) is 0 Å². The molecule has 0 saturated heterocycles. The third-order valence-corrected chi connectivity index (χ3v) is 3.86. The third-order valence-electron chi connectivity index (χ3n) is 2.72. The SMILES string of the molecule is CN(CCC#N)C(=O)c1csc(-c2ccc(Cl)cc2)n1. The first-order valence-electron chi connectivity index (χ1n) is 5.95.